The van der Waals surface area contributed by atoms with Crippen LogP contribution in [0.4, 0.5) is 0 Å². The highest BCUT2D eigenvalue weighted by atomic mass is 16.5. The van der Waals surface area contributed by atoms with Gasteiger partial charge in [-0.3, -0.25) is 4.68 Å². The molecular formula is C35H37N3O5. The number of hydrogen-bond acceptors (Lipinski definition) is 5. The molecule has 1 aliphatic heterocycles. The summed E-state index contributed by atoms with van der Waals surface area (Å²) in [4.78, 5) is 12.9. The average Bonchev–Trinajstić information content (AvgIpc) is 3.48. The van der Waals surface area contributed by atoms with E-state index in [2.05, 4.69) is 24.3 Å². The molecule has 0 fully saturated rings. The fourth-order valence-electron chi connectivity index (χ4n) is 6.03. The van der Waals surface area contributed by atoms with Gasteiger partial charge in [-0.2, -0.15) is 5.10 Å². The number of carbonyl (C=O) groups is 1. The standard InChI is InChI=1S/C35H37N3O5/c1-23(2)43-21-29-32-28-15-9-14-26-27(16-10-20-42-31-17-8-12-24-11-4-5-13-25(24)31)34(35(39)40)38(33(26)28)18-6-7-19-41-22-30(32)37(3)36-29/h4-9,11-15,17,23H,10,16,18-22H2,1-3H3,(H,39,40)/b7-6-. The summed E-state index contributed by atoms with van der Waals surface area (Å²) in [5.74, 6) is -0.107. The van der Waals surface area contributed by atoms with Gasteiger partial charge in [-0.1, -0.05) is 66.7 Å². The summed E-state index contributed by atoms with van der Waals surface area (Å²) in [5, 5.41) is 18.5. The van der Waals surface area contributed by atoms with Crippen LogP contribution in [0.3, 0.4) is 0 Å². The van der Waals surface area contributed by atoms with Gasteiger partial charge in [0, 0.05) is 35.5 Å². The van der Waals surface area contributed by atoms with Crippen molar-refractivity contribution in [2.24, 2.45) is 7.05 Å². The molecule has 0 spiro atoms. The van der Waals surface area contributed by atoms with Crippen LogP contribution in [0.1, 0.15) is 47.7 Å². The third kappa shape index (κ3) is 5.68. The Morgan fingerprint density at radius 3 is 2.67 bits per heavy atom. The van der Waals surface area contributed by atoms with Gasteiger partial charge in [0.05, 0.1) is 49.4 Å². The molecule has 8 heteroatoms. The molecule has 0 aliphatic carbocycles. The molecule has 0 saturated heterocycles. The predicted molar refractivity (Wildman–Crippen MR) is 168 cm³/mol. The molecule has 0 atom stereocenters. The maximum atomic E-state index is 12.9. The molecule has 1 aliphatic rings. The Labute approximate surface area is 251 Å². The summed E-state index contributed by atoms with van der Waals surface area (Å²) in [6.07, 6.45) is 5.20. The maximum Gasteiger partial charge on any atom is 0.352 e. The van der Waals surface area contributed by atoms with Crippen LogP contribution in [0.5, 0.6) is 5.75 Å². The number of nitrogens with zero attached hydrogens (tertiary/aromatic N) is 3. The van der Waals surface area contributed by atoms with E-state index in [1.807, 2.05) is 78.7 Å². The smallest absolute Gasteiger partial charge is 0.352 e. The SMILES string of the molecule is CC(C)OCc1nn(C)c2c1-c1cccc3c(CCCOc4cccc5ccccc45)c(C(=O)O)n(c13)C/C=C\COC2. The van der Waals surface area contributed by atoms with Gasteiger partial charge in [-0.25, -0.2) is 4.79 Å². The average molecular weight is 580 g/mol. The molecule has 1 N–H and O–H groups in total. The van der Waals surface area contributed by atoms with Crippen molar-refractivity contribution in [3.63, 3.8) is 0 Å². The summed E-state index contributed by atoms with van der Waals surface area (Å²) in [5.41, 5.74) is 5.63. The Bertz CT molecular complexity index is 1810. The number of ether oxygens (including phenoxy) is 3. The molecule has 0 unspecified atom stereocenters. The van der Waals surface area contributed by atoms with Crippen LogP contribution in [0.25, 0.3) is 32.8 Å². The van der Waals surface area contributed by atoms with Gasteiger partial charge in [0.25, 0.3) is 0 Å². The summed E-state index contributed by atoms with van der Waals surface area (Å²) < 4.78 is 22.0. The van der Waals surface area contributed by atoms with Crippen LogP contribution in [0, 0.1) is 0 Å². The molecule has 8 nitrogen and oxygen atoms in total. The fraction of sp³-hybridized carbons (Fsp3) is 0.314. The molecule has 0 bridgehead atoms. The van der Waals surface area contributed by atoms with E-state index in [0.717, 1.165) is 55.5 Å². The minimum atomic E-state index is -0.943. The fourth-order valence-corrected chi connectivity index (χ4v) is 6.03. The zero-order valence-corrected chi connectivity index (χ0v) is 24.9. The van der Waals surface area contributed by atoms with Gasteiger partial charge in [0.1, 0.15) is 11.4 Å². The quantitative estimate of drug-likeness (QED) is 0.151. The first-order valence-electron chi connectivity index (χ1n) is 14.8. The highest BCUT2D eigenvalue weighted by molar-refractivity contribution is 6.04. The number of para-hydroxylation sites is 1. The van der Waals surface area contributed by atoms with E-state index in [4.69, 9.17) is 19.3 Å². The van der Waals surface area contributed by atoms with Crippen LogP contribution < -0.4 is 4.74 Å². The Morgan fingerprint density at radius 2 is 1.84 bits per heavy atom. The number of fused-ring (bicyclic) bond motifs is 3. The lowest BCUT2D eigenvalue weighted by atomic mass is 9.98. The number of hydrogen-bond donors (Lipinski definition) is 1. The van der Waals surface area contributed by atoms with Crippen LogP contribution in [-0.2, 0) is 42.7 Å². The number of carboxylic acids is 1. The normalized spacial score (nSPS) is 14.1. The van der Waals surface area contributed by atoms with Crippen LogP contribution in [-0.4, -0.2) is 44.7 Å². The van der Waals surface area contributed by atoms with E-state index >= 15 is 0 Å². The monoisotopic (exact) mass is 579 g/mol. The molecule has 2 aromatic heterocycles. The van der Waals surface area contributed by atoms with Crippen molar-refractivity contribution in [3.8, 4) is 16.9 Å². The highest BCUT2D eigenvalue weighted by Crippen LogP contribution is 2.39. The number of rotatable bonds is 9. The Balaban J connectivity index is 1.42. The van der Waals surface area contributed by atoms with Crippen molar-refractivity contribution in [2.75, 3.05) is 13.2 Å². The third-order valence-electron chi connectivity index (χ3n) is 7.94. The minimum Gasteiger partial charge on any atom is -0.493 e. The number of aryl methyl sites for hydroxylation is 2. The molecule has 3 heterocycles. The van der Waals surface area contributed by atoms with E-state index < -0.39 is 5.97 Å². The van der Waals surface area contributed by atoms with Crippen molar-refractivity contribution in [1.82, 2.24) is 14.3 Å². The molecule has 3 aromatic carbocycles. The van der Waals surface area contributed by atoms with Crippen molar-refractivity contribution in [2.45, 2.75) is 52.6 Å². The van der Waals surface area contributed by atoms with Gasteiger partial charge in [0.2, 0.25) is 0 Å². The summed E-state index contributed by atoms with van der Waals surface area (Å²) in [6, 6.07) is 20.3. The number of carboxylic acid groups (broad SMARTS) is 1. The molecule has 6 rings (SSSR count). The van der Waals surface area contributed by atoms with Crippen LogP contribution in [0.15, 0.2) is 72.8 Å². The first kappa shape index (κ1) is 28.7. The first-order chi connectivity index (χ1) is 20.9. The number of allylic oxidation sites excluding steroid dienone is 1. The number of benzene rings is 3. The van der Waals surface area contributed by atoms with Gasteiger partial charge >= 0.3 is 5.97 Å². The molecule has 0 saturated carbocycles. The topological polar surface area (TPSA) is 87.7 Å². The lowest BCUT2D eigenvalue weighted by Gasteiger charge is -2.13. The first-order valence-corrected chi connectivity index (χ1v) is 14.8. The van der Waals surface area contributed by atoms with E-state index in [-0.39, 0.29) is 6.10 Å². The largest absolute Gasteiger partial charge is 0.493 e. The third-order valence-corrected chi connectivity index (χ3v) is 7.94. The molecule has 0 amide bonds. The van der Waals surface area contributed by atoms with Gasteiger partial charge in [-0.05, 0) is 43.7 Å². The summed E-state index contributed by atoms with van der Waals surface area (Å²) >= 11 is 0. The van der Waals surface area contributed by atoms with Crippen molar-refractivity contribution < 1.29 is 24.1 Å². The number of aromatic nitrogens is 3. The Kier molecular flexibility index (Phi) is 8.31. The van der Waals surface area contributed by atoms with Gasteiger partial charge in [0.15, 0.2) is 0 Å². The van der Waals surface area contributed by atoms with Crippen molar-refractivity contribution >= 4 is 27.6 Å². The lowest BCUT2D eigenvalue weighted by molar-refractivity contribution is 0.0635. The Morgan fingerprint density at radius 1 is 1.05 bits per heavy atom. The van der Waals surface area contributed by atoms with E-state index in [1.165, 1.54) is 0 Å². The van der Waals surface area contributed by atoms with Crippen molar-refractivity contribution in [1.29, 1.82) is 0 Å². The molecular weight excluding hydrogens is 542 g/mol. The summed E-state index contributed by atoms with van der Waals surface area (Å²) in [6.45, 7) is 6.04. The second-order valence-electron chi connectivity index (χ2n) is 11.1. The van der Waals surface area contributed by atoms with E-state index in [1.54, 1.807) is 0 Å². The molecule has 0 radical (unpaired) electrons. The zero-order chi connectivity index (χ0) is 29.9. The van der Waals surface area contributed by atoms with Crippen LogP contribution >= 0.6 is 0 Å². The number of aromatic carboxylic acids is 1. The maximum absolute atomic E-state index is 12.9. The highest BCUT2D eigenvalue weighted by Gasteiger charge is 2.27. The van der Waals surface area contributed by atoms with Gasteiger partial charge in [-0.15, -0.1) is 0 Å². The van der Waals surface area contributed by atoms with Crippen LogP contribution in [0.2, 0.25) is 0 Å². The van der Waals surface area contributed by atoms with Crippen molar-refractivity contribution in [3.05, 3.63) is 95.5 Å². The summed E-state index contributed by atoms with van der Waals surface area (Å²) in [7, 11) is 1.92. The zero-order valence-electron chi connectivity index (χ0n) is 24.9. The second-order valence-corrected chi connectivity index (χ2v) is 11.1. The van der Waals surface area contributed by atoms with Gasteiger partial charge < -0.3 is 23.9 Å². The molecule has 222 valence electrons. The molecule has 43 heavy (non-hydrogen) atoms. The van der Waals surface area contributed by atoms with E-state index in [9.17, 15) is 9.90 Å². The lowest BCUT2D eigenvalue weighted by Crippen LogP contribution is -2.11. The Hall–Kier alpha value is -4.40. The minimum absolute atomic E-state index is 0.0433. The predicted octanol–water partition coefficient (Wildman–Crippen LogP) is 6.92. The molecule has 5 aromatic rings. The second kappa shape index (κ2) is 12.5. The van der Waals surface area contributed by atoms with E-state index in [0.29, 0.717) is 51.5 Å².